The highest BCUT2D eigenvalue weighted by Crippen LogP contribution is 2.39. The zero-order valence-electron chi connectivity index (χ0n) is 20.5. The third kappa shape index (κ3) is 6.10. The number of ether oxygens (including phenoxy) is 1. The number of aliphatic hydroxyl groups is 1. The number of sulfonamides is 1. The Morgan fingerprint density at radius 3 is 2.35 bits per heavy atom. The van der Waals surface area contributed by atoms with Crippen LogP contribution in [0, 0.1) is 0 Å². The van der Waals surface area contributed by atoms with Crippen LogP contribution in [0.4, 0.5) is 18.9 Å². The summed E-state index contributed by atoms with van der Waals surface area (Å²) in [4.78, 5) is 2.52. The van der Waals surface area contributed by atoms with E-state index in [4.69, 9.17) is 4.74 Å². The summed E-state index contributed by atoms with van der Waals surface area (Å²) < 4.78 is 73.6. The molecule has 0 bridgehead atoms. The summed E-state index contributed by atoms with van der Waals surface area (Å²) in [6.07, 6.45) is -3.11. The van der Waals surface area contributed by atoms with E-state index in [1.54, 1.807) is 30.3 Å². The van der Waals surface area contributed by atoms with Crippen LogP contribution in [0.25, 0.3) is 0 Å². The van der Waals surface area contributed by atoms with Gasteiger partial charge < -0.3 is 20.1 Å². The summed E-state index contributed by atoms with van der Waals surface area (Å²) in [5.41, 5.74) is -2.57. The summed E-state index contributed by atoms with van der Waals surface area (Å²) in [6.45, 7) is 3.29. The lowest BCUT2D eigenvalue weighted by Gasteiger charge is -2.43. The summed E-state index contributed by atoms with van der Waals surface area (Å²) in [6, 6.07) is 12.1. The summed E-state index contributed by atoms with van der Waals surface area (Å²) in [7, 11) is -3.79. The van der Waals surface area contributed by atoms with Crippen LogP contribution in [0.3, 0.4) is 0 Å². The van der Waals surface area contributed by atoms with Crippen molar-refractivity contribution >= 4 is 28.3 Å². The van der Waals surface area contributed by atoms with Gasteiger partial charge in [-0.05, 0) is 49.6 Å². The number of benzene rings is 2. The molecule has 0 aromatic heterocycles. The molecule has 0 spiro atoms. The first-order valence-electron chi connectivity index (χ1n) is 12.2. The summed E-state index contributed by atoms with van der Waals surface area (Å²) in [5, 5.41) is 13.5. The van der Waals surface area contributed by atoms with Gasteiger partial charge in [0, 0.05) is 56.0 Å². The van der Waals surface area contributed by atoms with Crippen molar-refractivity contribution in [2.24, 2.45) is 0 Å². The topological polar surface area (TPSA) is 82.1 Å². The number of thiol groups is 1. The van der Waals surface area contributed by atoms with Crippen LogP contribution >= 0.6 is 12.6 Å². The molecule has 4 rings (SSSR count). The third-order valence-corrected chi connectivity index (χ3v) is 9.57. The third-order valence-electron chi connectivity index (χ3n) is 7.11. The molecule has 2 aromatic carbocycles. The van der Waals surface area contributed by atoms with E-state index in [0.717, 1.165) is 19.8 Å². The fourth-order valence-corrected chi connectivity index (χ4v) is 6.78. The van der Waals surface area contributed by atoms with E-state index in [9.17, 15) is 26.7 Å². The molecule has 2 aromatic rings. The predicted molar refractivity (Wildman–Crippen MR) is 137 cm³/mol. The average Bonchev–Trinajstić information content (AvgIpc) is 2.87. The Morgan fingerprint density at radius 2 is 1.73 bits per heavy atom. The minimum atomic E-state index is -4.81. The van der Waals surface area contributed by atoms with Crippen molar-refractivity contribution in [3.8, 4) is 0 Å². The van der Waals surface area contributed by atoms with Crippen LogP contribution < -0.4 is 10.2 Å². The molecule has 204 valence electrons. The van der Waals surface area contributed by atoms with Crippen molar-refractivity contribution in [2.45, 2.75) is 53.4 Å². The van der Waals surface area contributed by atoms with Crippen LogP contribution in [0.2, 0.25) is 0 Å². The lowest BCUT2D eigenvalue weighted by molar-refractivity contribution is -0.258. The molecule has 37 heavy (non-hydrogen) atoms. The van der Waals surface area contributed by atoms with E-state index < -0.39 is 21.8 Å². The number of hydrogen-bond donors (Lipinski definition) is 3. The smallest absolute Gasteiger partial charge is 0.381 e. The number of hydrogen-bond acceptors (Lipinski definition) is 7. The minimum absolute atomic E-state index is 0.140. The van der Waals surface area contributed by atoms with Gasteiger partial charge in [-0.2, -0.15) is 17.5 Å². The minimum Gasteiger partial charge on any atom is -0.381 e. The molecule has 0 saturated carbocycles. The molecule has 0 unspecified atom stereocenters. The highest BCUT2D eigenvalue weighted by molar-refractivity contribution is 7.90. The molecule has 2 heterocycles. The predicted octanol–water partition coefficient (Wildman–Crippen LogP) is 3.39. The van der Waals surface area contributed by atoms with E-state index in [1.165, 1.54) is 22.5 Å². The van der Waals surface area contributed by atoms with Gasteiger partial charge in [-0.3, -0.25) is 0 Å². The van der Waals surface area contributed by atoms with Crippen molar-refractivity contribution < 1.29 is 31.4 Å². The quantitative estimate of drug-likeness (QED) is 0.452. The zero-order chi connectivity index (χ0) is 26.8. The van der Waals surface area contributed by atoms with Gasteiger partial charge in [0.2, 0.25) is 10.0 Å². The van der Waals surface area contributed by atoms with Gasteiger partial charge in [-0.1, -0.05) is 24.3 Å². The molecule has 12 heteroatoms. The lowest BCUT2D eigenvalue weighted by Crippen LogP contribution is -2.59. The number of halogens is 3. The molecule has 2 fully saturated rings. The second-order valence-electron chi connectivity index (χ2n) is 9.59. The highest BCUT2D eigenvalue weighted by Gasteiger charge is 2.51. The summed E-state index contributed by atoms with van der Waals surface area (Å²) >= 11 is 4.33. The average molecular weight is 560 g/mol. The Bertz CT molecular complexity index is 1170. The van der Waals surface area contributed by atoms with Crippen LogP contribution in [0.15, 0.2) is 58.3 Å². The highest BCUT2D eigenvalue weighted by atomic mass is 32.2. The van der Waals surface area contributed by atoms with Gasteiger partial charge in [0.05, 0.1) is 10.9 Å². The van der Waals surface area contributed by atoms with Crippen molar-refractivity contribution in [1.29, 1.82) is 0 Å². The molecule has 0 aliphatic carbocycles. The van der Waals surface area contributed by atoms with Gasteiger partial charge in [-0.15, -0.1) is 12.6 Å². The van der Waals surface area contributed by atoms with E-state index in [0.29, 0.717) is 36.9 Å². The van der Waals surface area contributed by atoms with Gasteiger partial charge >= 0.3 is 6.18 Å². The molecule has 2 aliphatic rings. The Kier molecular flexibility index (Phi) is 8.46. The van der Waals surface area contributed by atoms with Gasteiger partial charge in [0.1, 0.15) is 0 Å². The van der Waals surface area contributed by atoms with Crippen LogP contribution in [0.5, 0.6) is 0 Å². The fraction of sp³-hybridized carbons (Fsp3) is 0.520. The molecule has 0 radical (unpaired) electrons. The zero-order valence-corrected chi connectivity index (χ0v) is 22.2. The van der Waals surface area contributed by atoms with E-state index in [1.807, 2.05) is 4.90 Å². The van der Waals surface area contributed by atoms with Crippen LogP contribution in [-0.2, 0) is 20.4 Å². The number of anilines is 1. The van der Waals surface area contributed by atoms with Crippen molar-refractivity contribution in [1.82, 2.24) is 9.62 Å². The fourth-order valence-electron chi connectivity index (χ4n) is 4.72. The number of rotatable bonds is 7. The maximum atomic E-state index is 13.4. The first-order chi connectivity index (χ1) is 17.4. The Balaban J connectivity index is 1.57. The van der Waals surface area contributed by atoms with E-state index in [2.05, 4.69) is 17.9 Å². The Morgan fingerprint density at radius 1 is 1.08 bits per heavy atom. The number of alkyl halides is 3. The second-order valence-corrected chi connectivity index (χ2v) is 12.0. The lowest BCUT2D eigenvalue weighted by atomic mass is 9.95. The molecule has 2 N–H and O–H groups in total. The largest absolute Gasteiger partial charge is 0.421 e. The van der Waals surface area contributed by atoms with E-state index in [-0.39, 0.29) is 35.6 Å². The van der Waals surface area contributed by atoms with Crippen LogP contribution in [0.1, 0.15) is 25.3 Å². The first kappa shape index (κ1) is 28.2. The molecule has 2 atom stereocenters. The van der Waals surface area contributed by atoms with Crippen molar-refractivity contribution in [2.75, 3.05) is 44.3 Å². The number of nitrogens with one attached hydrogen (secondary N) is 1. The number of piperazine rings is 1. The first-order valence-corrected chi connectivity index (χ1v) is 14.1. The molecule has 0 amide bonds. The second kappa shape index (κ2) is 11.1. The molecular weight excluding hydrogens is 527 g/mol. The molecule has 2 saturated heterocycles. The Labute approximate surface area is 221 Å². The van der Waals surface area contributed by atoms with Gasteiger partial charge in [0.25, 0.3) is 0 Å². The van der Waals surface area contributed by atoms with Gasteiger partial charge in [0.15, 0.2) is 5.60 Å². The standard InChI is InChI=1S/C25H32F3N3O4S2/c1-24(32,25(26,27)28)18-6-8-20(9-7-18)31-13-12-30(37(33,34)23-5-3-2-4-22(23)36)17-21(31)16-29-19-10-14-35-15-11-19/h2-9,19,21,29,32,36H,10-17H2,1H3/t21-,24+/m0/s1. The Hall–Kier alpha value is -1.83. The van der Waals surface area contributed by atoms with Crippen molar-refractivity contribution in [3.63, 3.8) is 0 Å². The summed E-state index contributed by atoms with van der Waals surface area (Å²) in [5.74, 6) is 0. The van der Waals surface area contributed by atoms with Gasteiger partial charge in [-0.25, -0.2) is 8.42 Å². The SMILES string of the molecule is C[C@@](O)(c1ccc(N2CCN(S(=O)(=O)c3ccccc3S)C[C@@H]2CNC2CCOCC2)cc1)C(F)(F)F. The number of nitrogens with zero attached hydrogens (tertiary/aromatic N) is 2. The maximum absolute atomic E-state index is 13.4. The van der Waals surface area contributed by atoms with Crippen LogP contribution in [-0.4, -0.2) is 75.5 Å². The van der Waals surface area contributed by atoms with E-state index >= 15 is 0 Å². The molecule has 7 nitrogen and oxygen atoms in total. The molecular formula is C25H32F3N3O4S2. The monoisotopic (exact) mass is 559 g/mol. The maximum Gasteiger partial charge on any atom is 0.421 e. The molecule has 2 aliphatic heterocycles. The van der Waals surface area contributed by atoms with Crippen molar-refractivity contribution in [3.05, 3.63) is 54.1 Å². The normalized spacial score (nSPS) is 22.1.